The van der Waals surface area contributed by atoms with Crippen LogP contribution in [0.4, 0.5) is 16.2 Å². The van der Waals surface area contributed by atoms with Crippen LogP contribution < -0.4 is 15.5 Å². The van der Waals surface area contributed by atoms with Crippen molar-refractivity contribution in [1.29, 1.82) is 0 Å². The molecule has 3 N–H and O–H groups in total. The Morgan fingerprint density at radius 1 is 1.13 bits per heavy atom. The van der Waals surface area contributed by atoms with Crippen LogP contribution in [0.15, 0.2) is 42.5 Å². The first-order valence-electron chi connectivity index (χ1n) is 10.6. The maximum absolute atomic E-state index is 13.6. The van der Waals surface area contributed by atoms with Crippen LogP contribution in [0.1, 0.15) is 49.3 Å². The standard InChI is InChI=1S/C24H29N3O3/c1-15-12-13-18(14-17(15)3)27-23(29)26-21-11-7-5-9-19(21)24(27,30)22(28)25-20-10-6-4-8-16(20)2/h5,7,9,11-14,16,20,30H,4,6,8,10H2,1-3H3,(H,25,28)(H,26,29)/t16-,20-,24+/m0/s1. The fraction of sp³-hybridized carbons (Fsp3) is 0.417. The molecule has 6 heteroatoms. The van der Waals surface area contributed by atoms with Gasteiger partial charge < -0.3 is 15.7 Å². The predicted molar refractivity (Wildman–Crippen MR) is 117 cm³/mol. The zero-order chi connectivity index (χ0) is 21.5. The second-order valence-corrected chi connectivity index (χ2v) is 8.59. The van der Waals surface area contributed by atoms with Crippen LogP contribution >= 0.6 is 0 Å². The number of benzene rings is 2. The Morgan fingerprint density at radius 3 is 2.60 bits per heavy atom. The lowest BCUT2D eigenvalue weighted by molar-refractivity contribution is -0.141. The number of para-hydroxylation sites is 1. The van der Waals surface area contributed by atoms with Crippen molar-refractivity contribution in [2.75, 3.05) is 10.2 Å². The van der Waals surface area contributed by atoms with Gasteiger partial charge >= 0.3 is 6.03 Å². The molecule has 0 bridgehead atoms. The smallest absolute Gasteiger partial charge is 0.329 e. The lowest BCUT2D eigenvalue weighted by atomic mass is 9.85. The highest BCUT2D eigenvalue weighted by atomic mass is 16.3. The van der Waals surface area contributed by atoms with Crippen molar-refractivity contribution in [1.82, 2.24) is 5.32 Å². The summed E-state index contributed by atoms with van der Waals surface area (Å²) in [5, 5.41) is 17.8. The molecule has 3 amide bonds. The van der Waals surface area contributed by atoms with Gasteiger partial charge in [0.05, 0.1) is 5.69 Å². The Balaban J connectivity index is 1.80. The number of carbonyl (C=O) groups excluding carboxylic acids is 2. The molecular formula is C24H29N3O3. The Bertz CT molecular complexity index is 989. The molecule has 30 heavy (non-hydrogen) atoms. The highest BCUT2D eigenvalue weighted by Gasteiger charge is 2.52. The van der Waals surface area contributed by atoms with Gasteiger partial charge in [-0.2, -0.15) is 0 Å². The van der Waals surface area contributed by atoms with Gasteiger partial charge in [-0.05, 0) is 61.9 Å². The van der Waals surface area contributed by atoms with Crippen molar-refractivity contribution in [2.45, 2.75) is 58.2 Å². The number of aliphatic hydroxyl groups is 1. The molecule has 2 aromatic carbocycles. The number of nitrogens with one attached hydrogen (secondary N) is 2. The molecule has 0 spiro atoms. The van der Waals surface area contributed by atoms with E-state index in [0.717, 1.165) is 36.8 Å². The number of nitrogens with zero attached hydrogens (tertiary/aromatic N) is 1. The van der Waals surface area contributed by atoms with Crippen molar-refractivity contribution in [3.63, 3.8) is 0 Å². The summed E-state index contributed by atoms with van der Waals surface area (Å²) in [4.78, 5) is 27.9. The first kappa shape index (κ1) is 20.4. The Labute approximate surface area is 177 Å². The van der Waals surface area contributed by atoms with Crippen LogP contribution in [-0.4, -0.2) is 23.1 Å². The zero-order valence-corrected chi connectivity index (χ0v) is 17.7. The molecule has 4 rings (SSSR count). The molecule has 1 heterocycles. The minimum atomic E-state index is -2.14. The summed E-state index contributed by atoms with van der Waals surface area (Å²) in [5.74, 6) is -0.240. The average molecular weight is 408 g/mol. The molecule has 1 aliphatic heterocycles. The highest BCUT2D eigenvalue weighted by molar-refractivity contribution is 6.11. The average Bonchev–Trinajstić information content (AvgIpc) is 2.72. The first-order valence-corrected chi connectivity index (χ1v) is 10.6. The van der Waals surface area contributed by atoms with Crippen LogP contribution in [0.25, 0.3) is 0 Å². The third-order valence-corrected chi connectivity index (χ3v) is 6.56. The van der Waals surface area contributed by atoms with Gasteiger partial charge in [0.1, 0.15) is 0 Å². The fourth-order valence-electron chi connectivity index (χ4n) is 4.53. The topological polar surface area (TPSA) is 81.7 Å². The summed E-state index contributed by atoms with van der Waals surface area (Å²) >= 11 is 0. The molecule has 0 unspecified atom stereocenters. The van der Waals surface area contributed by atoms with E-state index in [9.17, 15) is 14.7 Å². The van der Waals surface area contributed by atoms with Crippen molar-refractivity contribution in [2.24, 2.45) is 5.92 Å². The molecule has 1 saturated carbocycles. The van der Waals surface area contributed by atoms with Gasteiger partial charge in [0.25, 0.3) is 11.6 Å². The number of hydrogen-bond donors (Lipinski definition) is 3. The molecule has 2 aromatic rings. The minimum absolute atomic E-state index is 0.0194. The highest BCUT2D eigenvalue weighted by Crippen LogP contribution is 2.40. The third-order valence-electron chi connectivity index (χ3n) is 6.56. The van der Waals surface area contributed by atoms with Crippen LogP contribution in [0.2, 0.25) is 0 Å². The second kappa shape index (κ2) is 7.76. The number of rotatable bonds is 3. The van der Waals surface area contributed by atoms with Crippen LogP contribution in [0, 0.1) is 19.8 Å². The summed E-state index contributed by atoms with van der Waals surface area (Å²) in [6, 6.07) is 11.8. The third kappa shape index (κ3) is 3.35. The van der Waals surface area contributed by atoms with E-state index < -0.39 is 17.7 Å². The minimum Gasteiger partial charge on any atom is -0.359 e. The fourth-order valence-corrected chi connectivity index (χ4v) is 4.53. The number of anilines is 2. The van der Waals surface area contributed by atoms with Gasteiger partial charge in [0, 0.05) is 17.3 Å². The molecule has 1 fully saturated rings. The predicted octanol–water partition coefficient (Wildman–Crippen LogP) is 4.20. The van der Waals surface area contributed by atoms with Crippen LogP contribution in [-0.2, 0) is 10.5 Å². The van der Waals surface area contributed by atoms with E-state index in [4.69, 9.17) is 0 Å². The van der Waals surface area contributed by atoms with Crippen molar-refractivity contribution in [3.8, 4) is 0 Å². The van der Waals surface area contributed by atoms with Gasteiger partial charge in [-0.25, -0.2) is 4.79 Å². The van der Waals surface area contributed by atoms with E-state index >= 15 is 0 Å². The maximum atomic E-state index is 13.6. The number of amides is 3. The number of fused-ring (bicyclic) bond motifs is 1. The molecule has 158 valence electrons. The summed E-state index contributed by atoms with van der Waals surface area (Å²) < 4.78 is 0. The van der Waals surface area contributed by atoms with Crippen LogP contribution in [0.5, 0.6) is 0 Å². The SMILES string of the molecule is Cc1ccc(N2C(=O)Nc3ccccc3[C@@]2(O)C(=O)N[C@H]2CCCC[C@@H]2C)cc1C. The molecule has 0 saturated heterocycles. The molecule has 6 nitrogen and oxygen atoms in total. The van der Waals surface area contributed by atoms with E-state index in [2.05, 4.69) is 17.6 Å². The molecule has 2 aliphatic rings. The largest absolute Gasteiger partial charge is 0.359 e. The molecule has 1 aliphatic carbocycles. The van der Waals surface area contributed by atoms with E-state index in [-0.39, 0.29) is 6.04 Å². The van der Waals surface area contributed by atoms with Gasteiger partial charge in [0.2, 0.25) is 0 Å². The van der Waals surface area contributed by atoms with Gasteiger partial charge in [-0.15, -0.1) is 0 Å². The lowest BCUT2D eigenvalue weighted by Gasteiger charge is -2.44. The van der Waals surface area contributed by atoms with Gasteiger partial charge in [0.15, 0.2) is 0 Å². The number of aryl methyl sites for hydroxylation is 2. The van der Waals surface area contributed by atoms with Gasteiger partial charge in [-0.1, -0.05) is 44.0 Å². The Hall–Kier alpha value is -2.86. The normalized spacial score (nSPS) is 26.0. The van der Waals surface area contributed by atoms with E-state index in [1.165, 1.54) is 4.90 Å². The quantitative estimate of drug-likeness (QED) is 0.713. The molecular weight excluding hydrogens is 378 g/mol. The number of hydrogen-bond acceptors (Lipinski definition) is 3. The summed E-state index contributed by atoms with van der Waals surface area (Å²) in [6.07, 6.45) is 4.12. The van der Waals surface area contributed by atoms with Crippen molar-refractivity contribution >= 4 is 23.3 Å². The summed E-state index contributed by atoms with van der Waals surface area (Å²) in [7, 11) is 0. The number of urea groups is 1. The summed E-state index contributed by atoms with van der Waals surface area (Å²) in [6.45, 7) is 6.04. The molecule has 0 radical (unpaired) electrons. The monoisotopic (exact) mass is 407 g/mol. The Kier molecular flexibility index (Phi) is 5.28. The molecule has 0 aromatic heterocycles. The first-order chi connectivity index (χ1) is 14.3. The lowest BCUT2D eigenvalue weighted by Crippen LogP contribution is -2.64. The van der Waals surface area contributed by atoms with E-state index in [1.807, 2.05) is 26.0 Å². The maximum Gasteiger partial charge on any atom is 0.329 e. The van der Waals surface area contributed by atoms with E-state index in [0.29, 0.717) is 22.9 Å². The number of carbonyl (C=O) groups is 2. The van der Waals surface area contributed by atoms with Crippen LogP contribution in [0.3, 0.4) is 0 Å². The van der Waals surface area contributed by atoms with Crippen molar-refractivity contribution < 1.29 is 14.7 Å². The summed E-state index contributed by atoms with van der Waals surface area (Å²) in [5.41, 5.74) is 1.18. The Morgan fingerprint density at radius 2 is 1.87 bits per heavy atom. The van der Waals surface area contributed by atoms with E-state index in [1.54, 1.807) is 30.3 Å². The zero-order valence-electron chi connectivity index (χ0n) is 17.7. The molecule has 3 atom stereocenters. The second-order valence-electron chi connectivity index (χ2n) is 8.59. The van der Waals surface area contributed by atoms with Crippen molar-refractivity contribution in [3.05, 3.63) is 59.2 Å². The van der Waals surface area contributed by atoms with Gasteiger partial charge in [-0.3, -0.25) is 9.69 Å².